The second kappa shape index (κ2) is 6.46. The number of nitrogens with zero attached hydrogens (tertiary/aromatic N) is 5. The average molecular weight is 359 g/mol. The molecule has 142 valence electrons. The normalized spacial score (nSPS) is 24.6. The quantitative estimate of drug-likeness (QED) is 0.805. The van der Waals surface area contributed by atoms with Crippen LogP contribution in [0, 0.1) is 19.3 Å². The first-order chi connectivity index (χ1) is 12.4. The SMILES string of the molecule is Cc1nc(C(=O)N2CCC3(COC3)C2)nc(N2CC[C@@H](N(C)C)C2)c1C. The molecule has 3 aliphatic rings. The van der Waals surface area contributed by atoms with Crippen molar-refractivity contribution >= 4 is 11.7 Å². The molecule has 3 saturated heterocycles. The molecule has 0 N–H and O–H groups in total. The number of carbonyl (C=O) groups is 1. The van der Waals surface area contributed by atoms with Crippen molar-refractivity contribution in [1.82, 2.24) is 19.8 Å². The molecule has 4 rings (SSSR count). The molecule has 4 heterocycles. The van der Waals surface area contributed by atoms with Gasteiger partial charge in [-0.05, 0) is 40.8 Å². The lowest BCUT2D eigenvalue weighted by Crippen LogP contribution is -2.45. The maximum atomic E-state index is 13.0. The Morgan fingerprint density at radius 3 is 2.58 bits per heavy atom. The number of anilines is 1. The monoisotopic (exact) mass is 359 g/mol. The number of ether oxygens (including phenoxy) is 1. The van der Waals surface area contributed by atoms with Gasteiger partial charge in [0.25, 0.3) is 5.91 Å². The lowest BCUT2D eigenvalue weighted by molar-refractivity contribution is -0.103. The third-order valence-electron chi connectivity index (χ3n) is 6.29. The van der Waals surface area contributed by atoms with Crippen LogP contribution < -0.4 is 4.90 Å². The number of aromatic nitrogens is 2. The van der Waals surface area contributed by atoms with Gasteiger partial charge in [0.15, 0.2) is 0 Å². The van der Waals surface area contributed by atoms with Crippen LogP contribution in [0.2, 0.25) is 0 Å². The predicted molar refractivity (Wildman–Crippen MR) is 99.6 cm³/mol. The second-order valence-electron chi connectivity index (χ2n) is 8.40. The molecule has 1 amide bonds. The first-order valence-electron chi connectivity index (χ1n) is 9.52. The summed E-state index contributed by atoms with van der Waals surface area (Å²) in [7, 11) is 4.24. The molecule has 3 fully saturated rings. The third-order valence-corrected chi connectivity index (χ3v) is 6.29. The maximum Gasteiger partial charge on any atom is 0.291 e. The number of rotatable bonds is 3. The summed E-state index contributed by atoms with van der Waals surface area (Å²) >= 11 is 0. The second-order valence-corrected chi connectivity index (χ2v) is 8.40. The highest BCUT2D eigenvalue weighted by molar-refractivity contribution is 5.91. The standard InChI is InChI=1S/C19H29N5O2/c1-13-14(2)20-16(18(25)24-8-6-19(10-24)11-26-12-19)21-17(13)23-7-5-15(9-23)22(3)4/h15H,5-12H2,1-4H3/t15-/m1/s1. The molecule has 7 heteroatoms. The fourth-order valence-electron chi connectivity index (χ4n) is 4.25. The number of aryl methyl sites for hydroxylation is 1. The highest BCUT2D eigenvalue weighted by Crippen LogP contribution is 2.38. The van der Waals surface area contributed by atoms with Crippen molar-refractivity contribution in [2.45, 2.75) is 32.7 Å². The Bertz CT molecular complexity index is 716. The minimum atomic E-state index is -0.0403. The van der Waals surface area contributed by atoms with Crippen LogP contribution in [0.1, 0.15) is 34.7 Å². The first kappa shape index (κ1) is 17.7. The van der Waals surface area contributed by atoms with Gasteiger partial charge in [-0.2, -0.15) is 0 Å². The van der Waals surface area contributed by atoms with Crippen LogP contribution in [0.4, 0.5) is 5.82 Å². The third kappa shape index (κ3) is 2.97. The van der Waals surface area contributed by atoms with E-state index < -0.39 is 0 Å². The molecule has 1 atom stereocenters. The largest absolute Gasteiger partial charge is 0.380 e. The number of likely N-dealkylation sites (tertiary alicyclic amines) is 1. The highest BCUT2D eigenvalue weighted by Gasteiger charge is 2.46. The van der Waals surface area contributed by atoms with Crippen molar-refractivity contribution in [2.75, 3.05) is 58.4 Å². The summed E-state index contributed by atoms with van der Waals surface area (Å²) in [4.78, 5) is 28.7. The molecule has 0 aromatic carbocycles. The molecule has 0 radical (unpaired) electrons. The molecule has 1 aromatic heterocycles. The van der Waals surface area contributed by atoms with Crippen molar-refractivity contribution in [3.05, 3.63) is 17.1 Å². The van der Waals surface area contributed by atoms with E-state index in [0.717, 1.165) is 69.3 Å². The lowest BCUT2D eigenvalue weighted by Gasteiger charge is -2.37. The summed E-state index contributed by atoms with van der Waals surface area (Å²) in [5.74, 6) is 1.22. The number of likely N-dealkylation sites (N-methyl/N-ethyl adjacent to an activating group) is 1. The predicted octanol–water partition coefficient (Wildman–Crippen LogP) is 1.10. The molecule has 26 heavy (non-hydrogen) atoms. The fourth-order valence-corrected chi connectivity index (χ4v) is 4.25. The van der Waals surface area contributed by atoms with E-state index in [9.17, 15) is 4.79 Å². The zero-order chi connectivity index (χ0) is 18.5. The van der Waals surface area contributed by atoms with E-state index in [0.29, 0.717) is 11.9 Å². The van der Waals surface area contributed by atoms with Crippen LogP contribution in [0.3, 0.4) is 0 Å². The van der Waals surface area contributed by atoms with Crippen LogP contribution in [-0.4, -0.2) is 85.2 Å². The van der Waals surface area contributed by atoms with Gasteiger partial charge in [0.1, 0.15) is 5.82 Å². The molecule has 0 bridgehead atoms. The Morgan fingerprint density at radius 1 is 1.23 bits per heavy atom. The summed E-state index contributed by atoms with van der Waals surface area (Å²) in [6.07, 6.45) is 2.14. The van der Waals surface area contributed by atoms with E-state index in [1.54, 1.807) is 0 Å². The molecule has 1 spiro atoms. The van der Waals surface area contributed by atoms with E-state index in [1.165, 1.54) is 0 Å². The number of hydrogen-bond acceptors (Lipinski definition) is 6. The van der Waals surface area contributed by atoms with Crippen molar-refractivity contribution in [2.24, 2.45) is 5.41 Å². The molecule has 0 aliphatic carbocycles. The smallest absolute Gasteiger partial charge is 0.291 e. The van der Waals surface area contributed by atoms with Gasteiger partial charge < -0.3 is 19.4 Å². The van der Waals surface area contributed by atoms with Gasteiger partial charge in [-0.15, -0.1) is 0 Å². The van der Waals surface area contributed by atoms with Crippen LogP contribution in [0.5, 0.6) is 0 Å². The van der Waals surface area contributed by atoms with E-state index in [2.05, 4.69) is 35.8 Å². The number of carbonyl (C=O) groups excluding carboxylic acids is 1. The average Bonchev–Trinajstić information content (AvgIpc) is 3.23. The summed E-state index contributed by atoms with van der Waals surface area (Å²) in [6.45, 7) is 9.04. The molecular formula is C19H29N5O2. The van der Waals surface area contributed by atoms with Crippen molar-refractivity contribution < 1.29 is 9.53 Å². The zero-order valence-electron chi connectivity index (χ0n) is 16.3. The van der Waals surface area contributed by atoms with Gasteiger partial charge in [0.05, 0.1) is 13.2 Å². The van der Waals surface area contributed by atoms with Crippen molar-refractivity contribution in [3.63, 3.8) is 0 Å². The Balaban J connectivity index is 1.56. The van der Waals surface area contributed by atoms with Gasteiger partial charge in [-0.25, -0.2) is 9.97 Å². The van der Waals surface area contributed by atoms with E-state index in [1.807, 2.05) is 11.8 Å². The van der Waals surface area contributed by atoms with E-state index in [-0.39, 0.29) is 11.3 Å². The number of hydrogen-bond donors (Lipinski definition) is 0. The summed E-state index contributed by atoms with van der Waals surface area (Å²) in [5.41, 5.74) is 2.16. The summed E-state index contributed by atoms with van der Waals surface area (Å²) < 4.78 is 5.36. The van der Waals surface area contributed by atoms with Gasteiger partial charge >= 0.3 is 0 Å². The molecule has 0 saturated carbocycles. The van der Waals surface area contributed by atoms with Crippen LogP contribution in [0.15, 0.2) is 0 Å². The Morgan fingerprint density at radius 2 is 2.00 bits per heavy atom. The Kier molecular flexibility index (Phi) is 4.39. The summed E-state index contributed by atoms with van der Waals surface area (Å²) in [6, 6.07) is 0.529. The van der Waals surface area contributed by atoms with E-state index >= 15 is 0 Å². The minimum Gasteiger partial charge on any atom is -0.380 e. The van der Waals surface area contributed by atoms with Crippen molar-refractivity contribution in [3.8, 4) is 0 Å². The Labute approximate surface area is 155 Å². The molecule has 7 nitrogen and oxygen atoms in total. The molecule has 1 aromatic rings. The van der Waals surface area contributed by atoms with E-state index in [4.69, 9.17) is 9.72 Å². The van der Waals surface area contributed by atoms with Crippen molar-refractivity contribution in [1.29, 1.82) is 0 Å². The van der Waals surface area contributed by atoms with Crippen LogP contribution >= 0.6 is 0 Å². The molecule has 3 aliphatic heterocycles. The zero-order valence-corrected chi connectivity index (χ0v) is 16.3. The fraction of sp³-hybridized carbons (Fsp3) is 0.737. The summed E-state index contributed by atoms with van der Waals surface area (Å²) in [5, 5.41) is 0. The van der Waals surface area contributed by atoms with Gasteiger partial charge in [0, 0.05) is 48.9 Å². The Hall–Kier alpha value is -1.73. The van der Waals surface area contributed by atoms with Gasteiger partial charge in [-0.3, -0.25) is 4.79 Å². The molecule has 0 unspecified atom stereocenters. The highest BCUT2D eigenvalue weighted by atomic mass is 16.5. The minimum absolute atomic E-state index is 0.0403. The maximum absolute atomic E-state index is 13.0. The van der Waals surface area contributed by atoms with Crippen LogP contribution in [0.25, 0.3) is 0 Å². The topological polar surface area (TPSA) is 61.8 Å². The van der Waals surface area contributed by atoms with Gasteiger partial charge in [-0.1, -0.05) is 0 Å². The van der Waals surface area contributed by atoms with Crippen LogP contribution in [-0.2, 0) is 4.74 Å². The first-order valence-corrected chi connectivity index (χ1v) is 9.52. The molecular weight excluding hydrogens is 330 g/mol. The number of amides is 1. The van der Waals surface area contributed by atoms with Gasteiger partial charge in [0.2, 0.25) is 5.82 Å². The lowest BCUT2D eigenvalue weighted by atomic mass is 9.85.